The van der Waals surface area contributed by atoms with E-state index in [1.165, 1.54) is 5.56 Å². The summed E-state index contributed by atoms with van der Waals surface area (Å²) in [6, 6.07) is 6.55. The van der Waals surface area contributed by atoms with E-state index in [1.807, 2.05) is 6.20 Å². The van der Waals surface area contributed by atoms with Crippen LogP contribution in [-0.2, 0) is 6.42 Å². The summed E-state index contributed by atoms with van der Waals surface area (Å²) in [5.41, 5.74) is 1.26. The number of hydrogen-bond donors (Lipinski definition) is 2. The Bertz CT molecular complexity index is 511. The molecule has 0 spiro atoms. The molecule has 1 atom stereocenters. The van der Waals surface area contributed by atoms with Crippen LogP contribution in [0.15, 0.2) is 39.5 Å². The van der Waals surface area contributed by atoms with Crippen LogP contribution >= 0.6 is 31.9 Å². The van der Waals surface area contributed by atoms with Crippen molar-refractivity contribution in [2.24, 2.45) is 0 Å². The fourth-order valence-corrected chi connectivity index (χ4v) is 3.32. The number of imidazole rings is 1. The predicted octanol–water partition coefficient (Wildman–Crippen LogP) is 4.22. The smallest absolute Gasteiger partial charge is 0.107 e. The summed E-state index contributed by atoms with van der Waals surface area (Å²) in [6.45, 7) is 3.17. The number of nitrogens with zero attached hydrogens (tertiary/aromatic N) is 1. The fraction of sp³-hybridized carbons (Fsp3) is 0.357. The molecule has 0 aliphatic carbocycles. The zero-order valence-corrected chi connectivity index (χ0v) is 14.0. The minimum Gasteiger partial charge on any atom is -0.349 e. The van der Waals surface area contributed by atoms with Crippen LogP contribution in [-0.4, -0.2) is 16.5 Å². The normalized spacial score (nSPS) is 12.6. The first-order valence-electron chi connectivity index (χ1n) is 6.37. The molecular weight excluding hydrogens is 370 g/mol. The molecule has 2 rings (SSSR count). The Morgan fingerprint density at radius 1 is 1.37 bits per heavy atom. The second-order valence-corrected chi connectivity index (χ2v) is 6.18. The Morgan fingerprint density at radius 3 is 2.84 bits per heavy atom. The van der Waals surface area contributed by atoms with Gasteiger partial charge in [0.1, 0.15) is 5.82 Å². The van der Waals surface area contributed by atoms with Gasteiger partial charge in [0, 0.05) is 33.8 Å². The molecule has 0 bridgehead atoms. The number of aromatic nitrogens is 2. The minimum atomic E-state index is 0.258. The topological polar surface area (TPSA) is 40.7 Å². The molecule has 19 heavy (non-hydrogen) atoms. The molecule has 0 amide bonds. The van der Waals surface area contributed by atoms with Gasteiger partial charge in [0.2, 0.25) is 0 Å². The van der Waals surface area contributed by atoms with Gasteiger partial charge in [0.05, 0.1) is 0 Å². The molecule has 3 nitrogen and oxygen atoms in total. The highest BCUT2D eigenvalue weighted by Crippen LogP contribution is 2.28. The van der Waals surface area contributed by atoms with E-state index < -0.39 is 0 Å². The van der Waals surface area contributed by atoms with Crippen molar-refractivity contribution in [2.75, 3.05) is 6.54 Å². The molecule has 102 valence electrons. The van der Waals surface area contributed by atoms with Crippen molar-refractivity contribution in [3.8, 4) is 0 Å². The Kier molecular flexibility index (Phi) is 5.60. The third kappa shape index (κ3) is 4.16. The number of H-pyrrole nitrogens is 1. The molecule has 0 radical (unpaired) electrons. The van der Waals surface area contributed by atoms with Crippen LogP contribution < -0.4 is 5.32 Å². The first-order chi connectivity index (χ1) is 9.20. The zero-order chi connectivity index (χ0) is 13.7. The van der Waals surface area contributed by atoms with Crippen molar-refractivity contribution in [1.82, 2.24) is 15.3 Å². The maximum atomic E-state index is 4.32. The van der Waals surface area contributed by atoms with Gasteiger partial charge in [-0.3, -0.25) is 0 Å². The molecule has 0 aliphatic rings. The summed E-state index contributed by atoms with van der Waals surface area (Å²) >= 11 is 7.13. The summed E-state index contributed by atoms with van der Waals surface area (Å²) < 4.78 is 2.19. The van der Waals surface area contributed by atoms with E-state index in [0.29, 0.717) is 0 Å². The SMILES string of the molecule is CCCNC(Cc1ncc[nH]1)c1ccc(Br)cc1Br. The molecule has 2 aromatic rings. The van der Waals surface area contributed by atoms with Crippen LogP contribution in [0.2, 0.25) is 0 Å². The summed E-state index contributed by atoms with van der Waals surface area (Å²) in [5.74, 6) is 1.00. The minimum absolute atomic E-state index is 0.258. The molecule has 0 aliphatic heterocycles. The standard InChI is InChI=1S/C14H17Br2N3/c1-2-5-17-13(9-14-18-6-7-19-14)11-4-3-10(15)8-12(11)16/h3-4,6-8,13,17H,2,5,9H2,1H3,(H,18,19). The Morgan fingerprint density at radius 2 is 2.21 bits per heavy atom. The van der Waals surface area contributed by atoms with Crippen LogP contribution in [0.25, 0.3) is 0 Å². The lowest BCUT2D eigenvalue weighted by Crippen LogP contribution is -2.24. The van der Waals surface area contributed by atoms with E-state index in [2.05, 4.69) is 72.3 Å². The molecular formula is C14H17Br2N3. The van der Waals surface area contributed by atoms with Gasteiger partial charge in [0.15, 0.2) is 0 Å². The first kappa shape index (κ1) is 14.8. The summed E-state index contributed by atoms with van der Waals surface area (Å²) in [6.07, 6.45) is 5.63. The Balaban J connectivity index is 2.20. The van der Waals surface area contributed by atoms with Crippen molar-refractivity contribution < 1.29 is 0 Å². The molecule has 0 saturated heterocycles. The highest BCUT2D eigenvalue weighted by molar-refractivity contribution is 9.11. The number of hydrogen-bond acceptors (Lipinski definition) is 2. The predicted molar refractivity (Wildman–Crippen MR) is 85.2 cm³/mol. The number of halogens is 2. The van der Waals surface area contributed by atoms with E-state index >= 15 is 0 Å². The van der Waals surface area contributed by atoms with Gasteiger partial charge in [-0.15, -0.1) is 0 Å². The number of rotatable bonds is 6. The molecule has 2 N–H and O–H groups in total. The van der Waals surface area contributed by atoms with Crippen molar-refractivity contribution in [2.45, 2.75) is 25.8 Å². The number of benzene rings is 1. The second kappa shape index (κ2) is 7.22. The van der Waals surface area contributed by atoms with Gasteiger partial charge >= 0.3 is 0 Å². The van der Waals surface area contributed by atoms with Crippen molar-refractivity contribution in [3.05, 3.63) is 50.9 Å². The third-order valence-corrected chi connectivity index (χ3v) is 4.11. The molecule has 0 saturated carbocycles. The van der Waals surface area contributed by atoms with Crippen LogP contribution in [0.4, 0.5) is 0 Å². The Labute approximate surface area is 130 Å². The lowest BCUT2D eigenvalue weighted by atomic mass is 10.0. The quantitative estimate of drug-likeness (QED) is 0.780. The third-order valence-electron chi connectivity index (χ3n) is 2.93. The lowest BCUT2D eigenvalue weighted by molar-refractivity contribution is 0.518. The van der Waals surface area contributed by atoms with Crippen molar-refractivity contribution in [3.63, 3.8) is 0 Å². The fourth-order valence-electron chi connectivity index (χ4n) is 2.00. The highest BCUT2D eigenvalue weighted by atomic mass is 79.9. The largest absolute Gasteiger partial charge is 0.349 e. The summed E-state index contributed by atoms with van der Waals surface area (Å²) in [4.78, 5) is 7.49. The van der Waals surface area contributed by atoms with E-state index in [9.17, 15) is 0 Å². The summed E-state index contributed by atoms with van der Waals surface area (Å²) in [5, 5.41) is 3.58. The number of aromatic amines is 1. The van der Waals surface area contributed by atoms with Gasteiger partial charge < -0.3 is 10.3 Å². The molecule has 1 aromatic carbocycles. The maximum Gasteiger partial charge on any atom is 0.107 e. The van der Waals surface area contributed by atoms with Crippen LogP contribution in [0.1, 0.15) is 30.8 Å². The van der Waals surface area contributed by atoms with Crippen molar-refractivity contribution >= 4 is 31.9 Å². The molecule has 1 aromatic heterocycles. The van der Waals surface area contributed by atoms with Crippen LogP contribution in [0, 0.1) is 0 Å². The number of nitrogens with one attached hydrogen (secondary N) is 2. The molecule has 1 unspecified atom stereocenters. The van der Waals surface area contributed by atoms with Gasteiger partial charge in [-0.2, -0.15) is 0 Å². The van der Waals surface area contributed by atoms with E-state index in [4.69, 9.17) is 0 Å². The van der Waals surface area contributed by atoms with Crippen molar-refractivity contribution in [1.29, 1.82) is 0 Å². The van der Waals surface area contributed by atoms with Gasteiger partial charge in [-0.05, 0) is 30.7 Å². The maximum absolute atomic E-state index is 4.32. The lowest BCUT2D eigenvalue weighted by Gasteiger charge is -2.19. The van der Waals surface area contributed by atoms with Gasteiger partial charge in [-0.25, -0.2) is 4.98 Å². The zero-order valence-electron chi connectivity index (χ0n) is 10.8. The van der Waals surface area contributed by atoms with E-state index in [-0.39, 0.29) is 6.04 Å². The second-order valence-electron chi connectivity index (χ2n) is 4.41. The van der Waals surface area contributed by atoms with Gasteiger partial charge in [-0.1, -0.05) is 44.8 Å². The average molecular weight is 387 g/mol. The first-order valence-corrected chi connectivity index (χ1v) is 7.96. The molecule has 5 heteroatoms. The van der Waals surface area contributed by atoms with Gasteiger partial charge in [0.25, 0.3) is 0 Å². The summed E-state index contributed by atoms with van der Waals surface area (Å²) in [7, 11) is 0. The van der Waals surface area contributed by atoms with Crippen LogP contribution in [0.5, 0.6) is 0 Å². The average Bonchev–Trinajstić information content (AvgIpc) is 2.88. The molecule has 0 fully saturated rings. The molecule has 1 heterocycles. The van der Waals surface area contributed by atoms with Crippen LogP contribution in [0.3, 0.4) is 0 Å². The Hall–Kier alpha value is -0.650. The monoisotopic (exact) mass is 385 g/mol. The van der Waals surface area contributed by atoms with E-state index in [1.54, 1.807) is 6.20 Å². The highest BCUT2D eigenvalue weighted by Gasteiger charge is 2.15. The van der Waals surface area contributed by atoms with E-state index in [0.717, 1.165) is 34.2 Å².